The molecule has 0 unspecified atom stereocenters. The third-order valence-corrected chi connectivity index (χ3v) is 8.90. The number of esters is 4. The van der Waals surface area contributed by atoms with Crippen LogP contribution in [-0.2, 0) is 42.9 Å². The number of carbonyl (C=O) groups is 5. The lowest BCUT2D eigenvalue weighted by molar-refractivity contribution is -0.185. The first kappa shape index (κ1) is 39.6. The number of hydrogen-bond donors (Lipinski definition) is 2. The molecule has 3 rings (SSSR count). The first-order valence-electron chi connectivity index (χ1n) is 16.4. The van der Waals surface area contributed by atoms with Crippen LogP contribution in [0.2, 0.25) is 0 Å². The minimum Gasteiger partial charge on any atom is -0.459 e. The Labute approximate surface area is 287 Å². The van der Waals surface area contributed by atoms with Crippen LogP contribution < -0.4 is 0 Å². The van der Waals surface area contributed by atoms with E-state index in [1.54, 1.807) is 45.0 Å². The van der Waals surface area contributed by atoms with Crippen molar-refractivity contribution in [2.75, 3.05) is 6.61 Å². The highest BCUT2D eigenvalue weighted by Gasteiger charge is 2.67. The molecule has 0 bridgehead atoms. The summed E-state index contributed by atoms with van der Waals surface area (Å²) in [6.07, 6.45) is -4.90. The minimum atomic E-state index is -2.36. The number of ether oxygens (including phenoxy) is 5. The Kier molecular flexibility index (Phi) is 12.4. The Bertz CT molecular complexity index is 1440. The van der Waals surface area contributed by atoms with E-state index >= 15 is 0 Å². The average molecular weight is 687 g/mol. The molecule has 2 N–H and O–H groups in total. The van der Waals surface area contributed by atoms with Gasteiger partial charge in [-0.15, -0.1) is 0 Å². The molecular weight excluding hydrogens is 636 g/mol. The quantitative estimate of drug-likeness (QED) is 0.230. The van der Waals surface area contributed by atoms with Crippen molar-refractivity contribution in [3.63, 3.8) is 0 Å². The van der Waals surface area contributed by atoms with Crippen molar-refractivity contribution < 1.29 is 57.9 Å². The van der Waals surface area contributed by atoms with Crippen LogP contribution in [0.3, 0.4) is 0 Å². The summed E-state index contributed by atoms with van der Waals surface area (Å²) in [6, 6.07) is 7.96. The zero-order valence-electron chi connectivity index (χ0n) is 29.8. The molecule has 1 saturated carbocycles. The maximum Gasteiger partial charge on any atom is 0.338 e. The fraction of sp³-hybridized carbons (Fsp3) is 0.595. The Morgan fingerprint density at radius 2 is 1.43 bits per heavy atom. The van der Waals surface area contributed by atoms with Gasteiger partial charge in [-0.2, -0.15) is 0 Å². The van der Waals surface area contributed by atoms with E-state index in [-0.39, 0.29) is 23.7 Å². The Balaban J connectivity index is 2.45. The van der Waals surface area contributed by atoms with Crippen LogP contribution in [0.1, 0.15) is 79.1 Å². The highest BCUT2D eigenvalue weighted by Crippen LogP contribution is 2.51. The summed E-state index contributed by atoms with van der Waals surface area (Å²) < 4.78 is 29.8. The Hall–Kier alpha value is -3.87. The van der Waals surface area contributed by atoms with E-state index in [0.29, 0.717) is 0 Å². The second-order valence-electron chi connectivity index (χ2n) is 14.4. The molecule has 1 aromatic rings. The van der Waals surface area contributed by atoms with Crippen LogP contribution in [0.15, 0.2) is 54.6 Å². The molecule has 0 heterocycles. The van der Waals surface area contributed by atoms with Gasteiger partial charge in [0.15, 0.2) is 24.1 Å². The number of ketones is 1. The van der Waals surface area contributed by atoms with Crippen molar-refractivity contribution in [1.82, 2.24) is 0 Å². The van der Waals surface area contributed by atoms with Gasteiger partial charge < -0.3 is 33.9 Å². The summed E-state index contributed by atoms with van der Waals surface area (Å²) in [4.78, 5) is 65.9. The van der Waals surface area contributed by atoms with Crippen LogP contribution in [0, 0.1) is 23.2 Å². The normalized spacial score (nSPS) is 33.8. The summed E-state index contributed by atoms with van der Waals surface area (Å²) in [7, 11) is 0. The predicted molar refractivity (Wildman–Crippen MR) is 177 cm³/mol. The molecule has 0 aliphatic heterocycles. The van der Waals surface area contributed by atoms with Gasteiger partial charge in [0, 0.05) is 45.1 Å². The van der Waals surface area contributed by atoms with Gasteiger partial charge in [-0.3, -0.25) is 19.2 Å². The van der Waals surface area contributed by atoms with Crippen molar-refractivity contribution in [3.8, 4) is 0 Å². The molecule has 0 radical (unpaired) electrons. The fourth-order valence-corrected chi connectivity index (χ4v) is 6.72. The minimum absolute atomic E-state index is 0.0191. The number of benzene rings is 1. The second kappa shape index (κ2) is 15.3. The van der Waals surface area contributed by atoms with Crippen LogP contribution in [0.4, 0.5) is 0 Å². The largest absolute Gasteiger partial charge is 0.459 e. The van der Waals surface area contributed by atoms with Crippen molar-refractivity contribution in [3.05, 3.63) is 60.2 Å². The van der Waals surface area contributed by atoms with Gasteiger partial charge in [-0.1, -0.05) is 71.5 Å². The SMILES string of the molecule is C=C1[C@H](OC(=O)c2ccccc2)[C@@H](OC(C)=O)[C@@H](OC(C)=O)C(C)(C)/C=C/[C@H](C)C(=O)[C@@]2(O)C[C@@](C)(O)[C@H](OC(C)=O)[C@@H]2[C@H]1OCC(C)C. The van der Waals surface area contributed by atoms with E-state index in [2.05, 4.69) is 6.58 Å². The number of fused-ring (bicyclic) bond motifs is 1. The van der Waals surface area contributed by atoms with Crippen LogP contribution in [-0.4, -0.2) is 88.2 Å². The highest BCUT2D eigenvalue weighted by molar-refractivity contribution is 5.92. The first-order valence-corrected chi connectivity index (χ1v) is 16.4. The van der Waals surface area contributed by atoms with Crippen molar-refractivity contribution in [2.45, 2.75) is 110 Å². The van der Waals surface area contributed by atoms with Gasteiger partial charge in [0.25, 0.3) is 0 Å². The lowest BCUT2D eigenvalue weighted by atomic mass is 9.72. The number of aliphatic hydroxyl groups is 2. The molecule has 0 spiro atoms. The summed E-state index contributed by atoms with van der Waals surface area (Å²) in [5.41, 5.74) is -5.45. The molecule has 49 heavy (non-hydrogen) atoms. The number of carbonyl (C=O) groups excluding carboxylic acids is 5. The van der Waals surface area contributed by atoms with Gasteiger partial charge in [0.1, 0.15) is 17.3 Å². The monoisotopic (exact) mass is 686 g/mol. The molecule has 1 fully saturated rings. The highest BCUT2D eigenvalue weighted by atomic mass is 16.6. The van der Waals surface area contributed by atoms with Crippen LogP contribution in [0.5, 0.6) is 0 Å². The van der Waals surface area contributed by atoms with E-state index in [4.69, 9.17) is 23.7 Å². The smallest absolute Gasteiger partial charge is 0.338 e. The summed E-state index contributed by atoms with van der Waals surface area (Å²) in [5.74, 6) is -6.48. The lowest BCUT2D eigenvalue weighted by Gasteiger charge is -2.44. The Morgan fingerprint density at radius 1 is 0.878 bits per heavy atom. The van der Waals surface area contributed by atoms with E-state index in [1.165, 1.54) is 32.1 Å². The first-order chi connectivity index (χ1) is 22.6. The lowest BCUT2D eigenvalue weighted by Crippen LogP contribution is -2.58. The average Bonchev–Trinajstić information content (AvgIpc) is 3.20. The summed E-state index contributed by atoms with van der Waals surface area (Å²) in [6.45, 7) is 17.7. The van der Waals surface area contributed by atoms with Gasteiger partial charge >= 0.3 is 23.9 Å². The maximum atomic E-state index is 14.3. The molecule has 270 valence electrons. The molecule has 9 atom stereocenters. The van der Waals surface area contributed by atoms with Gasteiger partial charge in [0.2, 0.25) is 0 Å². The third-order valence-electron chi connectivity index (χ3n) is 8.90. The van der Waals surface area contributed by atoms with Gasteiger partial charge in [0.05, 0.1) is 17.6 Å². The van der Waals surface area contributed by atoms with Gasteiger partial charge in [-0.25, -0.2) is 4.79 Å². The number of Topliss-reactive ketones (excluding diaryl/α,β-unsaturated/α-hetero) is 1. The third kappa shape index (κ3) is 9.03. The number of allylic oxidation sites excluding steroid dienone is 1. The van der Waals surface area contributed by atoms with E-state index < -0.39 is 95.1 Å². The van der Waals surface area contributed by atoms with E-state index in [0.717, 1.165) is 13.8 Å². The molecule has 2 aliphatic carbocycles. The van der Waals surface area contributed by atoms with Crippen molar-refractivity contribution in [1.29, 1.82) is 0 Å². The topological polar surface area (TPSA) is 172 Å². The van der Waals surface area contributed by atoms with Crippen LogP contribution in [0.25, 0.3) is 0 Å². The molecule has 0 amide bonds. The fourth-order valence-electron chi connectivity index (χ4n) is 6.72. The number of rotatable bonds is 8. The summed E-state index contributed by atoms with van der Waals surface area (Å²) in [5, 5.41) is 24.1. The zero-order valence-corrected chi connectivity index (χ0v) is 29.8. The van der Waals surface area contributed by atoms with Crippen LogP contribution >= 0.6 is 0 Å². The Morgan fingerprint density at radius 3 is 1.96 bits per heavy atom. The standard InChI is InChI=1S/C37H50O12/c1-20(2)18-45-28-22(4)29(49-34(42)26-14-12-11-13-15-26)30(46-23(5)38)33(48-25(7)40)35(8,9)17-16-21(3)31(41)37(44)19-36(10,43)32(27(28)37)47-24(6)39/h11-17,20-21,27-30,32-33,43-44H,4,18-19H2,1-3,5-10H3/b17-16+/t21-,27-,28-,29-,30+,32+,33+,36+,37+/m0/s1. The molecule has 12 heteroatoms. The van der Waals surface area contributed by atoms with Crippen molar-refractivity contribution in [2.24, 2.45) is 23.2 Å². The molecule has 12 nitrogen and oxygen atoms in total. The second-order valence-corrected chi connectivity index (χ2v) is 14.4. The predicted octanol–water partition coefficient (Wildman–Crippen LogP) is 3.91. The molecule has 0 aromatic heterocycles. The van der Waals surface area contributed by atoms with E-state index in [9.17, 15) is 34.2 Å². The molecule has 2 aliphatic rings. The van der Waals surface area contributed by atoms with E-state index in [1.807, 2.05) is 13.8 Å². The number of hydrogen-bond acceptors (Lipinski definition) is 12. The van der Waals surface area contributed by atoms with Crippen molar-refractivity contribution >= 4 is 29.7 Å². The zero-order chi connectivity index (χ0) is 37.1. The van der Waals surface area contributed by atoms with Gasteiger partial charge in [-0.05, 0) is 30.5 Å². The molecule has 1 aromatic carbocycles. The molecular formula is C37H50O12. The molecule has 0 saturated heterocycles. The maximum absolute atomic E-state index is 14.3. The summed E-state index contributed by atoms with van der Waals surface area (Å²) >= 11 is 0.